The predicted molar refractivity (Wildman–Crippen MR) is 136 cm³/mol. The molecular formula is C24H28N4O5S2. The highest BCUT2D eigenvalue weighted by Crippen LogP contribution is 2.40. The van der Waals surface area contributed by atoms with Crippen molar-refractivity contribution in [1.29, 1.82) is 0 Å². The molecule has 0 fully saturated rings. The number of aromatic nitrogens is 3. The number of methoxy groups -OCH3 is 2. The molecule has 4 rings (SSSR count). The van der Waals surface area contributed by atoms with E-state index in [0.29, 0.717) is 46.2 Å². The van der Waals surface area contributed by atoms with Crippen molar-refractivity contribution in [3.8, 4) is 22.9 Å². The number of rotatable bonds is 10. The molecule has 0 saturated heterocycles. The Hall–Kier alpha value is -3.05. The zero-order valence-electron chi connectivity index (χ0n) is 20.2. The van der Waals surface area contributed by atoms with Gasteiger partial charge in [0.2, 0.25) is 5.91 Å². The highest BCUT2D eigenvalue weighted by molar-refractivity contribution is 7.99. The van der Waals surface area contributed by atoms with E-state index in [9.17, 15) is 9.59 Å². The van der Waals surface area contributed by atoms with Crippen LogP contribution in [0.4, 0.5) is 5.00 Å². The fourth-order valence-electron chi connectivity index (χ4n) is 4.07. The summed E-state index contributed by atoms with van der Waals surface area (Å²) in [5.74, 6) is 1.46. The number of thioether (sulfide) groups is 1. The van der Waals surface area contributed by atoms with E-state index in [4.69, 9.17) is 14.2 Å². The van der Waals surface area contributed by atoms with Crippen LogP contribution in [0.2, 0.25) is 0 Å². The number of nitrogens with one attached hydrogen (secondary N) is 1. The second kappa shape index (κ2) is 11.1. The van der Waals surface area contributed by atoms with Gasteiger partial charge in [-0.05, 0) is 56.9 Å². The number of fused-ring (bicyclic) bond motifs is 1. The molecule has 1 N–H and O–H groups in total. The van der Waals surface area contributed by atoms with Crippen LogP contribution in [0.5, 0.6) is 11.5 Å². The third-order valence-corrected chi connectivity index (χ3v) is 7.83. The molecule has 0 saturated carbocycles. The molecular weight excluding hydrogens is 488 g/mol. The average Bonchev–Trinajstić information content (AvgIpc) is 3.56. The third-order valence-electron chi connectivity index (χ3n) is 5.66. The van der Waals surface area contributed by atoms with Crippen LogP contribution in [0, 0.1) is 0 Å². The van der Waals surface area contributed by atoms with Gasteiger partial charge in [-0.25, -0.2) is 4.79 Å². The summed E-state index contributed by atoms with van der Waals surface area (Å²) in [7, 11) is 3.17. The zero-order valence-corrected chi connectivity index (χ0v) is 21.8. The smallest absolute Gasteiger partial charge is 0.341 e. The first-order chi connectivity index (χ1) is 17.0. The number of nitrogens with zero attached hydrogens (tertiary/aromatic N) is 3. The molecule has 1 aliphatic carbocycles. The summed E-state index contributed by atoms with van der Waals surface area (Å²) in [4.78, 5) is 26.5. The minimum Gasteiger partial charge on any atom is -0.493 e. The number of hydrogen-bond acceptors (Lipinski definition) is 9. The van der Waals surface area contributed by atoms with Crippen LogP contribution in [0.1, 0.15) is 41.1 Å². The lowest BCUT2D eigenvalue weighted by atomic mass is 10.1. The molecule has 1 aromatic carbocycles. The monoisotopic (exact) mass is 516 g/mol. The van der Waals surface area contributed by atoms with Crippen LogP contribution >= 0.6 is 23.1 Å². The number of carbonyl (C=O) groups is 2. The fraction of sp³-hybridized carbons (Fsp3) is 0.417. The van der Waals surface area contributed by atoms with Gasteiger partial charge in [0.05, 0.1) is 32.1 Å². The van der Waals surface area contributed by atoms with Gasteiger partial charge in [0.25, 0.3) is 0 Å². The summed E-state index contributed by atoms with van der Waals surface area (Å²) < 4.78 is 17.9. The maximum atomic E-state index is 12.8. The lowest BCUT2D eigenvalue weighted by molar-refractivity contribution is -0.113. The van der Waals surface area contributed by atoms with Crippen LogP contribution in [-0.2, 0) is 28.9 Å². The molecule has 0 unspecified atom stereocenters. The lowest BCUT2D eigenvalue weighted by Gasteiger charge is -2.11. The molecule has 186 valence electrons. The van der Waals surface area contributed by atoms with Gasteiger partial charge < -0.3 is 24.1 Å². The Morgan fingerprint density at radius 1 is 1.14 bits per heavy atom. The standard InChI is InChI=1S/C24H28N4O5S2/c1-5-28-21(14-10-11-16(31-3)17(12-14)32-4)26-27-24(28)34-13-19(29)25-22-20(23(30)33-6-2)15-8-7-9-18(15)35-22/h10-12H,5-9,13H2,1-4H3,(H,25,29). The number of carbonyl (C=O) groups excluding carboxylic acids is 2. The molecule has 0 aliphatic heterocycles. The number of amides is 1. The second-order valence-corrected chi connectivity index (χ2v) is 9.79. The number of esters is 1. The molecule has 11 heteroatoms. The zero-order chi connectivity index (χ0) is 24.9. The van der Waals surface area contributed by atoms with Crippen molar-refractivity contribution in [2.24, 2.45) is 0 Å². The molecule has 9 nitrogen and oxygen atoms in total. The Labute approximate surface area is 212 Å². The largest absolute Gasteiger partial charge is 0.493 e. The summed E-state index contributed by atoms with van der Waals surface area (Å²) in [6, 6.07) is 5.57. The van der Waals surface area contributed by atoms with E-state index in [0.717, 1.165) is 35.3 Å². The molecule has 35 heavy (non-hydrogen) atoms. The Kier molecular flexibility index (Phi) is 7.97. The summed E-state index contributed by atoms with van der Waals surface area (Å²) in [6.07, 6.45) is 2.78. The van der Waals surface area contributed by atoms with Crippen molar-refractivity contribution in [1.82, 2.24) is 14.8 Å². The van der Waals surface area contributed by atoms with Gasteiger partial charge in [0, 0.05) is 17.0 Å². The SMILES string of the molecule is CCOC(=O)c1c(NC(=O)CSc2nnc(-c3ccc(OC)c(OC)c3)n2CC)sc2c1CCC2. The Bertz CT molecular complexity index is 1240. The molecule has 2 aromatic heterocycles. The molecule has 2 heterocycles. The Balaban J connectivity index is 1.48. The minimum atomic E-state index is -0.375. The first-order valence-electron chi connectivity index (χ1n) is 11.4. The van der Waals surface area contributed by atoms with Crippen LogP contribution in [0.15, 0.2) is 23.4 Å². The maximum absolute atomic E-state index is 12.8. The van der Waals surface area contributed by atoms with Crippen molar-refractivity contribution in [3.63, 3.8) is 0 Å². The van der Waals surface area contributed by atoms with E-state index >= 15 is 0 Å². The first-order valence-corrected chi connectivity index (χ1v) is 13.2. The van der Waals surface area contributed by atoms with Crippen LogP contribution in [0.3, 0.4) is 0 Å². The highest BCUT2D eigenvalue weighted by Gasteiger charge is 2.28. The molecule has 1 amide bonds. The highest BCUT2D eigenvalue weighted by atomic mass is 32.2. The van der Waals surface area contributed by atoms with Crippen LogP contribution < -0.4 is 14.8 Å². The quantitative estimate of drug-likeness (QED) is 0.312. The van der Waals surface area contributed by atoms with Gasteiger partial charge in [-0.1, -0.05) is 11.8 Å². The van der Waals surface area contributed by atoms with Gasteiger partial charge in [0.15, 0.2) is 22.5 Å². The number of benzene rings is 1. The van der Waals surface area contributed by atoms with Gasteiger partial charge in [-0.3, -0.25) is 4.79 Å². The van der Waals surface area contributed by atoms with E-state index in [2.05, 4.69) is 15.5 Å². The number of hydrogen-bond donors (Lipinski definition) is 1. The molecule has 0 radical (unpaired) electrons. The Morgan fingerprint density at radius 2 is 1.94 bits per heavy atom. The van der Waals surface area contributed by atoms with E-state index in [1.54, 1.807) is 21.1 Å². The third kappa shape index (κ3) is 5.15. The van der Waals surface area contributed by atoms with Crippen molar-refractivity contribution in [2.45, 2.75) is 44.8 Å². The molecule has 3 aromatic rings. The Morgan fingerprint density at radius 3 is 2.66 bits per heavy atom. The van der Waals surface area contributed by atoms with Gasteiger partial charge >= 0.3 is 5.97 Å². The van der Waals surface area contributed by atoms with Gasteiger partial charge in [-0.15, -0.1) is 21.5 Å². The number of thiophene rings is 1. The van der Waals surface area contributed by atoms with E-state index in [1.165, 1.54) is 23.1 Å². The van der Waals surface area contributed by atoms with Crippen molar-refractivity contribution in [3.05, 3.63) is 34.2 Å². The normalized spacial score (nSPS) is 12.3. The number of ether oxygens (including phenoxy) is 3. The van der Waals surface area contributed by atoms with Crippen LogP contribution in [0.25, 0.3) is 11.4 Å². The molecule has 0 atom stereocenters. The summed E-state index contributed by atoms with van der Waals surface area (Å²) in [5.41, 5.74) is 2.36. The molecule has 0 spiro atoms. The summed E-state index contributed by atoms with van der Waals surface area (Å²) in [6.45, 7) is 4.70. The number of anilines is 1. The van der Waals surface area contributed by atoms with Gasteiger partial charge in [0.1, 0.15) is 5.00 Å². The first kappa shape index (κ1) is 25.1. The van der Waals surface area contributed by atoms with E-state index in [1.807, 2.05) is 29.7 Å². The summed E-state index contributed by atoms with van der Waals surface area (Å²) >= 11 is 2.77. The number of aryl methyl sites for hydroxylation is 1. The minimum absolute atomic E-state index is 0.134. The fourth-order valence-corrected chi connectivity index (χ4v) is 6.17. The average molecular weight is 517 g/mol. The van der Waals surface area contributed by atoms with E-state index < -0.39 is 0 Å². The van der Waals surface area contributed by atoms with Crippen molar-refractivity contribution in [2.75, 3.05) is 31.9 Å². The molecule has 1 aliphatic rings. The van der Waals surface area contributed by atoms with Crippen molar-refractivity contribution >= 4 is 40.0 Å². The second-order valence-electron chi connectivity index (χ2n) is 7.74. The van der Waals surface area contributed by atoms with Gasteiger partial charge in [-0.2, -0.15) is 0 Å². The van der Waals surface area contributed by atoms with Crippen molar-refractivity contribution < 1.29 is 23.8 Å². The predicted octanol–water partition coefficient (Wildman–Crippen LogP) is 4.44. The molecule has 0 bridgehead atoms. The maximum Gasteiger partial charge on any atom is 0.341 e. The topological polar surface area (TPSA) is 105 Å². The van der Waals surface area contributed by atoms with Crippen LogP contribution in [-0.4, -0.2) is 53.2 Å². The van der Waals surface area contributed by atoms with E-state index in [-0.39, 0.29) is 17.6 Å². The lowest BCUT2D eigenvalue weighted by Crippen LogP contribution is -2.17. The summed E-state index contributed by atoms with van der Waals surface area (Å²) in [5, 5.41) is 12.8.